The average Bonchev–Trinajstić information content (AvgIpc) is 2.20. The van der Waals surface area contributed by atoms with Gasteiger partial charge in [-0.3, -0.25) is 4.72 Å². The van der Waals surface area contributed by atoms with Crippen LogP contribution in [0, 0.1) is 0 Å². The van der Waals surface area contributed by atoms with Crippen LogP contribution in [0.4, 0.5) is 14.5 Å². The molecule has 0 atom stereocenters. The van der Waals surface area contributed by atoms with Gasteiger partial charge < -0.3 is 5.73 Å². The van der Waals surface area contributed by atoms with Gasteiger partial charge in [0.25, 0.3) is 10.0 Å². The van der Waals surface area contributed by atoms with Crippen molar-refractivity contribution in [2.75, 3.05) is 4.72 Å². The van der Waals surface area contributed by atoms with Crippen LogP contribution in [0.5, 0.6) is 0 Å². The van der Waals surface area contributed by atoms with E-state index in [9.17, 15) is 17.2 Å². The van der Waals surface area contributed by atoms with Crippen LogP contribution in [0.15, 0.2) is 18.2 Å². The predicted octanol–water partition coefficient (Wildman–Crippen LogP) is 1.94. The molecule has 94 valence electrons. The molecule has 1 aromatic rings. The lowest BCUT2D eigenvalue weighted by molar-refractivity contribution is 0.236. The quantitative estimate of drug-likeness (QED) is 0.834. The SMILES string of the molecule is NC(=S)c1ccc(Cl)c(NS(=O)(=O)C(F)F)c1. The minimum atomic E-state index is -4.77. The lowest BCUT2D eigenvalue weighted by Crippen LogP contribution is -2.21. The molecule has 17 heavy (non-hydrogen) atoms. The number of nitrogens with two attached hydrogens (primary N) is 1. The summed E-state index contributed by atoms with van der Waals surface area (Å²) in [7, 11) is -4.77. The minimum Gasteiger partial charge on any atom is -0.389 e. The van der Waals surface area contributed by atoms with E-state index in [0.29, 0.717) is 5.56 Å². The van der Waals surface area contributed by atoms with Crippen molar-refractivity contribution in [3.63, 3.8) is 0 Å². The van der Waals surface area contributed by atoms with Crippen LogP contribution in [-0.2, 0) is 10.0 Å². The van der Waals surface area contributed by atoms with Crippen molar-refractivity contribution in [1.29, 1.82) is 0 Å². The Morgan fingerprint density at radius 3 is 2.53 bits per heavy atom. The molecule has 0 fully saturated rings. The summed E-state index contributed by atoms with van der Waals surface area (Å²) in [5, 5.41) is -0.0331. The number of hydrogen-bond acceptors (Lipinski definition) is 3. The van der Waals surface area contributed by atoms with Crippen molar-refractivity contribution < 1.29 is 17.2 Å². The van der Waals surface area contributed by atoms with E-state index >= 15 is 0 Å². The van der Waals surface area contributed by atoms with Crippen LogP contribution in [0.1, 0.15) is 5.56 Å². The number of sulfonamides is 1. The van der Waals surface area contributed by atoms with E-state index in [4.69, 9.17) is 17.3 Å². The highest BCUT2D eigenvalue weighted by molar-refractivity contribution is 7.93. The van der Waals surface area contributed by atoms with E-state index in [-0.39, 0.29) is 15.7 Å². The third-order valence-electron chi connectivity index (χ3n) is 1.74. The highest BCUT2D eigenvalue weighted by Gasteiger charge is 2.24. The molecule has 0 spiro atoms. The number of halogens is 3. The molecule has 0 amide bonds. The summed E-state index contributed by atoms with van der Waals surface area (Å²) in [6.45, 7) is 0. The second-order valence-corrected chi connectivity index (χ2v) is 5.46. The molecule has 0 aromatic heterocycles. The summed E-state index contributed by atoms with van der Waals surface area (Å²) < 4.78 is 47.8. The van der Waals surface area contributed by atoms with Crippen LogP contribution in [0.2, 0.25) is 5.02 Å². The topological polar surface area (TPSA) is 72.2 Å². The van der Waals surface area contributed by atoms with Crippen molar-refractivity contribution in [2.24, 2.45) is 5.73 Å². The molecule has 4 nitrogen and oxygen atoms in total. The van der Waals surface area contributed by atoms with Crippen LogP contribution in [0.25, 0.3) is 0 Å². The van der Waals surface area contributed by atoms with Gasteiger partial charge in [-0.25, -0.2) is 8.42 Å². The van der Waals surface area contributed by atoms with Gasteiger partial charge in [-0.15, -0.1) is 0 Å². The maximum absolute atomic E-state index is 12.1. The van der Waals surface area contributed by atoms with Crippen LogP contribution in [-0.4, -0.2) is 19.2 Å². The summed E-state index contributed by atoms with van der Waals surface area (Å²) in [5.74, 6) is -3.55. The third-order valence-corrected chi connectivity index (χ3v) is 3.28. The van der Waals surface area contributed by atoms with Crippen molar-refractivity contribution >= 4 is 44.5 Å². The molecule has 0 saturated carbocycles. The summed E-state index contributed by atoms with van der Waals surface area (Å²) >= 11 is 10.3. The number of rotatable bonds is 4. The van der Waals surface area contributed by atoms with Gasteiger partial charge in [0.2, 0.25) is 0 Å². The molecule has 1 rings (SSSR count). The van der Waals surface area contributed by atoms with Gasteiger partial charge in [-0.1, -0.05) is 29.9 Å². The Morgan fingerprint density at radius 1 is 1.47 bits per heavy atom. The van der Waals surface area contributed by atoms with Crippen LogP contribution < -0.4 is 10.5 Å². The van der Waals surface area contributed by atoms with Gasteiger partial charge in [-0.05, 0) is 12.1 Å². The molecule has 0 bridgehead atoms. The Bertz CT molecular complexity index is 548. The van der Waals surface area contributed by atoms with E-state index < -0.39 is 15.8 Å². The molecule has 9 heteroatoms. The summed E-state index contributed by atoms with van der Waals surface area (Å²) in [6, 6.07) is 3.94. The Labute approximate surface area is 107 Å². The predicted molar refractivity (Wildman–Crippen MR) is 65.9 cm³/mol. The molecule has 1 aromatic carbocycles. The Hall–Kier alpha value is -0.990. The van der Waals surface area contributed by atoms with E-state index in [2.05, 4.69) is 12.2 Å². The molecule has 0 radical (unpaired) electrons. The standard InChI is InChI=1S/C8H7ClF2N2O2S2/c9-5-2-1-4(7(12)16)3-6(5)13-17(14,15)8(10)11/h1-3,8,13H,(H2,12,16). The minimum absolute atomic E-state index is 0.000776. The number of thiocarbonyl (C=S) groups is 1. The second-order valence-electron chi connectivity index (χ2n) is 2.97. The summed E-state index contributed by atoms with van der Waals surface area (Å²) in [5.41, 5.74) is 5.44. The molecular formula is C8H7ClF2N2O2S2. The molecule has 0 saturated heterocycles. The maximum atomic E-state index is 12.1. The van der Waals surface area contributed by atoms with Gasteiger partial charge in [-0.2, -0.15) is 8.78 Å². The highest BCUT2D eigenvalue weighted by atomic mass is 35.5. The molecule has 0 unspecified atom stereocenters. The maximum Gasteiger partial charge on any atom is 0.355 e. The second kappa shape index (κ2) is 5.11. The Balaban J connectivity index is 3.15. The lowest BCUT2D eigenvalue weighted by Gasteiger charge is -2.10. The number of hydrogen-bond donors (Lipinski definition) is 2. The fraction of sp³-hybridized carbons (Fsp3) is 0.125. The van der Waals surface area contributed by atoms with E-state index in [1.807, 2.05) is 0 Å². The Morgan fingerprint density at radius 2 is 2.06 bits per heavy atom. The zero-order chi connectivity index (χ0) is 13.2. The van der Waals surface area contributed by atoms with E-state index in [1.165, 1.54) is 18.2 Å². The smallest absolute Gasteiger partial charge is 0.355 e. The fourth-order valence-corrected chi connectivity index (χ4v) is 1.87. The lowest BCUT2D eigenvalue weighted by atomic mass is 10.2. The van der Waals surface area contributed by atoms with Crippen LogP contribution in [0.3, 0.4) is 0 Å². The van der Waals surface area contributed by atoms with Gasteiger partial charge in [0, 0.05) is 5.56 Å². The zero-order valence-corrected chi connectivity index (χ0v) is 10.5. The number of nitrogens with one attached hydrogen (secondary N) is 1. The van der Waals surface area contributed by atoms with E-state index in [0.717, 1.165) is 0 Å². The highest BCUT2D eigenvalue weighted by Crippen LogP contribution is 2.25. The number of benzene rings is 1. The molecule has 0 heterocycles. The monoisotopic (exact) mass is 300 g/mol. The van der Waals surface area contributed by atoms with Crippen molar-refractivity contribution in [1.82, 2.24) is 0 Å². The first-order chi connectivity index (χ1) is 7.74. The molecule has 0 aliphatic rings. The molecule has 3 N–H and O–H groups in total. The first kappa shape index (κ1) is 14.1. The largest absolute Gasteiger partial charge is 0.389 e. The normalized spacial score (nSPS) is 11.5. The summed E-state index contributed by atoms with van der Waals surface area (Å²) in [6.07, 6.45) is 0. The molecular weight excluding hydrogens is 294 g/mol. The molecule has 0 aliphatic heterocycles. The fourth-order valence-electron chi connectivity index (χ4n) is 0.955. The first-order valence-electron chi connectivity index (χ1n) is 4.13. The van der Waals surface area contributed by atoms with Gasteiger partial charge in [0.05, 0.1) is 10.7 Å². The van der Waals surface area contributed by atoms with Crippen molar-refractivity contribution in [3.8, 4) is 0 Å². The molecule has 0 aliphatic carbocycles. The van der Waals surface area contributed by atoms with Gasteiger partial charge >= 0.3 is 5.76 Å². The van der Waals surface area contributed by atoms with Crippen LogP contribution >= 0.6 is 23.8 Å². The van der Waals surface area contributed by atoms with E-state index in [1.54, 1.807) is 4.72 Å². The first-order valence-corrected chi connectivity index (χ1v) is 6.46. The van der Waals surface area contributed by atoms with Gasteiger partial charge in [0.15, 0.2) is 0 Å². The average molecular weight is 301 g/mol. The zero-order valence-electron chi connectivity index (χ0n) is 8.15. The summed E-state index contributed by atoms with van der Waals surface area (Å²) in [4.78, 5) is -0.000776. The van der Waals surface area contributed by atoms with Crippen molar-refractivity contribution in [3.05, 3.63) is 28.8 Å². The third kappa shape index (κ3) is 3.48. The number of alkyl halides is 2. The van der Waals surface area contributed by atoms with Crippen molar-refractivity contribution in [2.45, 2.75) is 5.76 Å². The number of anilines is 1. The van der Waals surface area contributed by atoms with Gasteiger partial charge in [0.1, 0.15) is 4.99 Å². The Kier molecular flexibility index (Phi) is 4.23.